The Labute approximate surface area is 182 Å². The third kappa shape index (κ3) is 4.87. The predicted octanol–water partition coefficient (Wildman–Crippen LogP) is 4.76. The number of fused-ring (bicyclic) bond motifs is 3. The lowest BCUT2D eigenvalue weighted by molar-refractivity contribution is 0.143. The van der Waals surface area contributed by atoms with Crippen molar-refractivity contribution in [3.8, 4) is 28.8 Å². The molecule has 31 heavy (non-hydrogen) atoms. The van der Waals surface area contributed by atoms with Crippen LogP contribution in [0.3, 0.4) is 0 Å². The Morgan fingerprint density at radius 3 is 2.39 bits per heavy atom. The molecule has 0 spiro atoms. The Balaban J connectivity index is 1.25. The van der Waals surface area contributed by atoms with E-state index in [-0.39, 0.29) is 5.92 Å². The molecule has 3 aromatic rings. The van der Waals surface area contributed by atoms with Crippen LogP contribution in [-0.2, 0) is 4.74 Å². The summed E-state index contributed by atoms with van der Waals surface area (Å²) in [4.78, 5) is 16.3. The number of ether oxygens (including phenoxy) is 2. The molecule has 1 amide bonds. The molecule has 1 aliphatic rings. The molecule has 0 unspecified atom stereocenters. The molecule has 2 aromatic carbocycles. The van der Waals surface area contributed by atoms with Crippen LogP contribution >= 0.6 is 0 Å². The lowest BCUT2D eigenvalue weighted by Crippen LogP contribution is -2.26. The summed E-state index contributed by atoms with van der Waals surface area (Å²) in [5.74, 6) is 6.71. The summed E-state index contributed by atoms with van der Waals surface area (Å²) in [6, 6.07) is 20.2. The van der Waals surface area contributed by atoms with Gasteiger partial charge in [0.2, 0.25) is 5.88 Å². The minimum absolute atomic E-state index is 0.0603. The van der Waals surface area contributed by atoms with Crippen molar-refractivity contribution in [1.29, 1.82) is 0 Å². The monoisotopic (exact) mass is 412 g/mol. The van der Waals surface area contributed by atoms with E-state index in [9.17, 15) is 4.79 Å². The number of nitrogens with zero attached hydrogens (tertiary/aromatic N) is 1. The highest BCUT2D eigenvalue weighted by molar-refractivity contribution is 5.79. The number of carbonyl (C=O) groups excluding carboxylic acids is 1. The maximum atomic E-state index is 12.2. The van der Waals surface area contributed by atoms with Crippen molar-refractivity contribution in [3.63, 3.8) is 0 Å². The number of aromatic nitrogens is 1. The standard InChI is InChI=1S/C26H24N2O3/c1-2-30-25-15-14-19(17-28-25)9-7-8-16-27-26(29)31-18-24-22-12-5-3-10-20(22)21-11-4-6-13-23(21)24/h3-6,10-15,17,24H,2,8,16,18H2,1H3,(H,27,29). The first-order valence-corrected chi connectivity index (χ1v) is 10.4. The highest BCUT2D eigenvalue weighted by atomic mass is 16.5. The van der Waals surface area contributed by atoms with Crippen molar-refractivity contribution >= 4 is 6.09 Å². The molecule has 5 heteroatoms. The normalized spacial score (nSPS) is 11.6. The molecule has 1 N–H and O–H groups in total. The van der Waals surface area contributed by atoms with Crippen LogP contribution < -0.4 is 10.1 Å². The van der Waals surface area contributed by atoms with Gasteiger partial charge in [0.05, 0.1) is 6.61 Å². The van der Waals surface area contributed by atoms with Gasteiger partial charge in [-0.3, -0.25) is 0 Å². The number of benzene rings is 2. The summed E-state index contributed by atoms with van der Waals surface area (Å²) < 4.78 is 10.8. The van der Waals surface area contributed by atoms with E-state index in [4.69, 9.17) is 9.47 Å². The topological polar surface area (TPSA) is 60.5 Å². The maximum Gasteiger partial charge on any atom is 0.407 e. The van der Waals surface area contributed by atoms with E-state index in [2.05, 4.69) is 46.4 Å². The maximum absolute atomic E-state index is 12.2. The van der Waals surface area contributed by atoms with Gasteiger partial charge in [-0.25, -0.2) is 9.78 Å². The fourth-order valence-electron chi connectivity index (χ4n) is 3.73. The first-order chi connectivity index (χ1) is 15.3. The second-order valence-electron chi connectivity index (χ2n) is 7.12. The molecule has 0 saturated carbocycles. The predicted molar refractivity (Wildman–Crippen MR) is 120 cm³/mol. The van der Waals surface area contributed by atoms with Crippen LogP contribution in [0, 0.1) is 11.8 Å². The SMILES string of the molecule is CCOc1ccc(C#CCCNC(=O)OCC2c3ccccc3-c3ccccc32)cn1. The molecule has 5 nitrogen and oxygen atoms in total. The first kappa shape index (κ1) is 20.5. The van der Waals surface area contributed by atoms with E-state index in [0.717, 1.165) is 5.56 Å². The van der Waals surface area contributed by atoms with Gasteiger partial charge in [0, 0.05) is 36.7 Å². The summed E-state index contributed by atoms with van der Waals surface area (Å²) in [6.07, 6.45) is 1.78. The second kappa shape index (κ2) is 9.82. The van der Waals surface area contributed by atoms with Gasteiger partial charge < -0.3 is 14.8 Å². The molecule has 1 heterocycles. The Bertz CT molecular complexity index is 1070. The second-order valence-corrected chi connectivity index (χ2v) is 7.12. The van der Waals surface area contributed by atoms with Crippen LogP contribution in [0.4, 0.5) is 4.79 Å². The highest BCUT2D eigenvalue weighted by Gasteiger charge is 2.28. The number of hydrogen-bond donors (Lipinski definition) is 1. The van der Waals surface area contributed by atoms with Gasteiger partial charge in [0.25, 0.3) is 0 Å². The van der Waals surface area contributed by atoms with Crippen LogP contribution in [0.5, 0.6) is 5.88 Å². The zero-order chi connectivity index (χ0) is 21.5. The molecule has 0 radical (unpaired) electrons. The fraction of sp³-hybridized carbons (Fsp3) is 0.231. The number of alkyl carbamates (subject to hydrolysis) is 1. The Morgan fingerprint density at radius 2 is 1.74 bits per heavy atom. The molecule has 1 aromatic heterocycles. The minimum atomic E-state index is -0.425. The van der Waals surface area contributed by atoms with E-state index < -0.39 is 6.09 Å². The van der Waals surface area contributed by atoms with Crippen LogP contribution in [0.1, 0.15) is 36.0 Å². The molecular weight excluding hydrogens is 388 g/mol. The van der Waals surface area contributed by atoms with Gasteiger partial charge in [-0.2, -0.15) is 0 Å². The molecule has 0 atom stereocenters. The number of rotatable bonds is 6. The van der Waals surface area contributed by atoms with Crippen molar-refractivity contribution in [2.45, 2.75) is 19.3 Å². The summed E-state index contributed by atoms with van der Waals surface area (Å²) in [5.41, 5.74) is 5.64. The highest BCUT2D eigenvalue weighted by Crippen LogP contribution is 2.44. The number of carbonyl (C=O) groups is 1. The summed E-state index contributed by atoms with van der Waals surface area (Å²) in [7, 11) is 0. The first-order valence-electron chi connectivity index (χ1n) is 10.4. The van der Waals surface area contributed by atoms with Crippen LogP contribution in [0.2, 0.25) is 0 Å². The fourth-order valence-corrected chi connectivity index (χ4v) is 3.73. The average molecular weight is 412 g/mol. The molecule has 4 rings (SSSR count). The van der Waals surface area contributed by atoms with E-state index >= 15 is 0 Å². The largest absolute Gasteiger partial charge is 0.478 e. The zero-order valence-electron chi connectivity index (χ0n) is 17.4. The van der Waals surface area contributed by atoms with E-state index in [1.165, 1.54) is 22.3 Å². The Morgan fingerprint density at radius 1 is 1.03 bits per heavy atom. The number of nitrogens with one attached hydrogen (secondary N) is 1. The average Bonchev–Trinajstić information content (AvgIpc) is 3.12. The summed E-state index contributed by atoms with van der Waals surface area (Å²) in [6.45, 7) is 3.23. The van der Waals surface area contributed by atoms with Crippen molar-refractivity contribution in [3.05, 3.63) is 83.6 Å². The van der Waals surface area contributed by atoms with Gasteiger partial charge in [-0.15, -0.1) is 0 Å². The van der Waals surface area contributed by atoms with Crippen molar-refractivity contribution in [2.75, 3.05) is 19.8 Å². The molecule has 1 aliphatic carbocycles. The molecule has 0 saturated heterocycles. The van der Waals surface area contributed by atoms with E-state index in [0.29, 0.717) is 32.1 Å². The smallest absolute Gasteiger partial charge is 0.407 e. The van der Waals surface area contributed by atoms with E-state index in [1.807, 2.05) is 37.3 Å². The van der Waals surface area contributed by atoms with Gasteiger partial charge in [0.1, 0.15) is 6.61 Å². The van der Waals surface area contributed by atoms with Crippen molar-refractivity contribution in [1.82, 2.24) is 10.3 Å². The van der Waals surface area contributed by atoms with Gasteiger partial charge in [-0.1, -0.05) is 60.4 Å². The summed E-state index contributed by atoms with van der Waals surface area (Å²) in [5, 5.41) is 2.77. The summed E-state index contributed by atoms with van der Waals surface area (Å²) >= 11 is 0. The lowest BCUT2D eigenvalue weighted by atomic mass is 9.98. The van der Waals surface area contributed by atoms with E-state index in [1.54, 1.807) is 12.3 Å². The van der Waals surface area contributed by atoms with Crippen molar-refractivity contribution < 1.29 is 14.3 Å². The lowest BCUT2D eigenvalue weighted by Gasteiger charge is -2.14. The minimum Gasteiger partial charge on any atom is -0.478 e. The van der Waals surface area contributed by atoms with Gasteiger partial charge >= 0.3 is 6.09 Å². The number of amides is 1. The Hall–Kier alpha value is -3.78. The van der Waals surface area contributed by atoms with Crippen LogP contribution in [-0.4, -0.2) is 30.8 Å². The Kier molecular flexibility index (Phi) is 6.49. The molecular formula is C26H24N2O3. The van der Waals surface area contributed by atoms with Gasteiger partial charge in [-0.05, 0) is 35.2 Å². The number of hydrogen-bond acceptors (Lipinski definition) is 4. The van der Waals surface area contributed by atoms with Crippen LogP contribution in [0.15, 0.2) is 66.9 Å². The molecule has 0 fully saturated rings. The zero-order valence-corrected chi connectivity index (χ0v) is 17.4. The third-order valence-electron chi connectivity index (χ3n) is 5.12. The quantitative estimate of drug-likeness (QED) is 0.468. The third-order valence-corrected chi connectivity index (χ3v) is 5.12. The molecule has 0 aliphatic heterocycles. The van der Waals surface area contributed by atoms with Gasteiger partial charge in [0.15, 0.2) is 0 Å². The molecule has 0 bridgehead atoms. The van der Waals surface area contributed by atoms with Crippen molar-refractivity contribution in [2.24, 2.45) is 0 Å². The molecule has 156 valence electrons. The van der Waals surface area contributed by atoms with Crippen LogP contribution in [0.25, 0.3) is 11.1 Å². The number of pyridine rings is 1.